The molecule has 4 rings (SSSR count). The number of anilines is 1. The van der Waals surface area contributed by atoms with Crippen molar-refractivity contribution < 1.29 is 9.21 Å². The average molecular weight is 415 g/mol. The van der Waals surface area contributed by atoms with Crippen LogP contribution < -0.4 is 10.9 Å². The van der Waals surface area contributed by atoms with E-state index in [4.69, 9.17) is 16.0 Å². The molecule has 4 aromatic rings. The van der Waals surface area contributed by atoms with E-state index in [1.54, 1.807) is 41.2 Å². The summed E-state index contributed by atoms with van der Waals surface area (Å²) in [6.45, 7) is 0.734. The number of hydrogen-bond donors (Lipinski definition) is 2. The number of aromatic nitrogens is 3. The first-order chi connectivity index (χ1) is 13.6. The van der Waals surface area contributed by atoms with Gasteiger partial charge >= 0.3 is 0 Å². The van der Waals surface area contributed by atoms with E-state index in [9.17, 15) is 9.59 Å². The van der Waals surface area contributed by atoms with Crippen LogP contribution in [-0.4, -0.2) is 20.5 Å². The van der Waals surface area contributed by atoms with Gasteiger partial charge in [0.15, 0.2) is 5.76 Å². The lowest BCUT2D eigenvalue weighted by molar-refractivity contribution is 0.100. The molecule has 0 saturated heterocycles. The van der Waals surface area contributed by atoms with Gasteiger partial charge in [-0.15, -0.1) is 11.3 Å². The maximum absolute atomic E-state index is 12.6. The number of rotatable bonds is 7. The van der Waals surface area contributed by atoms with Gasteiger partial charge in [-0.05, 0) is 30.3 Å². The van der Waals surface area contributed by atoms with E-state index in [0.717, 1.165) is 4.88 Å². The zero-order chi connectivity index (χ0) is 19.5. The van der Waals surface area contributed by atoms with Gasteiger partial charge in [0.25, 0.3) is 5.56 Å². The average Bonchev–Trinajstić information content (AvgIpc) is 3.43. The van der Waals surface area contributed by atoms with Crippen molar-refractivity contribution in [2.45, 2.75) is 13.1 Å². The van der Waals surface area contributed by atoms with Crippen LogP contribution in [0.5, 0.6) is 0 Å². The van der Waals surface area contributed by atoms with Crippen LogP contribution in [0, 0.1) is 0 Å². The van der Waals surface area contributed by atoms with E-state index < -0.39 is 0 Å². The summed E-state index contributed by atoms with van der Waals surface area (Å²) in [7, 11) is 0. The van der Waals surface area contributed by atoms with Crippen molar-refractivity contribution >= 4 is 34.5 Å². The minimum absolute atomic E-state index is 0.201. The first-order valence-electron chi connectivity index (χ1n) is 8.41. The Hall–Kier alpha value is -3.10. The van der Waals surface area contributed by atoms with Crippen molar-refractivity contribution in [1.29, 1.82) is 0 Å². The van der Waals surface area contributed by atoms with Crippen LogP contribution in [0.4, 0.5) is 5.82 Å². The molecule has 0 spiro atoms. The van der Waals surface area contributed by atoms with Gasteiger partial charge < -0.3 is 14.7 Å². The number of carbonyl (C=O) groups excluding carboxylic acids is 1. The summed E-state index contributed by atoms with van der Waals surface area (Å²) < 4.78 is 7.48. The second kappa shape index (κ2) is 7.87. The minimum atomic E-state index is -0.326. The van der Waals surface area contributed by atoms with Gasteiger partial charge in [0, 0.05) is 22.7 Å². The molecule has 0 radical (unpaired) electrons. The van der Waals surface area contributed by atoms with E-state index in [1.807, 2.05) is 12.1 Å². The van der Waals surface area contributed by atoms with Crippen LogP contribution in [0.3, 0.4) is 0 Å². The van der Waals surface area contributed by atoms with Crippen LogP contribution in [-0.2, 0) is 13.1 Å². The fraction of sp³-hybridized carbons (Fsp3) is 0.105. The van der Waals surface area contributed by atoms with E-state index in [0.29, 0.717) is 22.3 Å². The first-order valence-corrected chi connectivity index (χ1v) is 9.60. The van der Waals surface area contributed by atoms with Crippen LogP contribution in [0.2, 0.25) is 4.34 Å². The highest BCUT2D eigenvalue weighted by Crippen LogP contribution is 2.23. The first kappa shape index (κ1) is 18.3. The number of hydrogen-bond acceptors (Lipinski definition) is 6. The monoisotopic (exact) mass is 414 g/mol. The Balaban J connectivity index is 1.64. The van der Waals surface area contributed by atoms with E-state index >= 15 is 0 Å². The van der Waals surface area contributed by atoms with Gasteiger partial charge in [-0.25, -0.2) is 4.68 Å². The molecule has 0 bridgehead atoms. The Labute approximate surface area is 168 Å². The number of H-pyrrole nitrogens is 1. The normalized spacial score (nSPS) is 10.9. The number of thiophene rings is 1. The molecule has 0 saturated carbocycles. The van der Waals surface area contributed by atoms with Gasteiger partial charge in [-0.3, -0.25) is 9.59 Å². The number of halogens is 1. The number of aromatic amines is 1. The molecule has 0 aliphatic carbocycles. The predicted octanol–water partition coefficient (Wildman–Crippen LogP) is 3.77. The summed E-state index contributed by atoms with van der Waals surface area (Å²) in [5, 5.41) is 7.65. The van der Waals surface area contributed by atoms with Gasteiger partial charge in [0.05, 0.1) is 23.7 Å². The molecule has 0 aliphatic heterocycles. The number of nitrogens with one attached hydrogen (secondary N) is 2. The number of pyridine rings is 1. The third-order valence-corrected chi connectivity index (χ3v) is 5.28. The molecule has 0 amide bonds. The lowest BCUT2D eigenvalue weighted by Crippen LogP contribution is -2.17. The van der Waals surface area contributed by atoms with E-state index in [2.05, 4.69) is 15.4 Å². The predicted molar refractivity (Wildman–Crippen MR) is 107 cm³/mol. The van der Waals surface area contributed by atoms with Crippen LogP contribution in [0.1, 0.15) is 26.7 Å². The van der Waals surface area contributed by atoms with Gasteiger partial charge in [0.2, 0.25) is 5.78 Å². The number of furan rings is 1. The number of ketones is 1. The molecule has 4 heterocycles. The van der Waals surface area contributed by atoms with Gasteiger partial charge in [0.1, 0.15) is 11.5 Å². The van der Waals surface area contributed by atoms with Crippen molar-refractivity contribution in [1.82, 2.24) is 14.8 Å². The molecule has 0 fully saturated rings. The van der Waals surface area contributed by atoms with E-state index in [-0.39, 0.29) is 29.3 Å². The van der Waals surface area contributed by atoms with Crippen molar-refractivity contribution in [2.24, 2.45) is 0 Å². The molecule has 0 aliphatic rings. The summed E-state index contributed by atoms with van der Waals surface area (Å²) in [5.74, 6) is 0.495. The van der Waals surface area contributed by atoms with Crippen LogP contribution >= 0.6 is 22.9 Å². The standard InChI is InChI=1S/C19H15ClN4O3S/c20-16-6-5-13(28-16)10-22-17-9-14(18(25)15-4-2-8-27-15)23-24(17)11-12-3-1-7-21-19(12)26/h1-9,22H,10-11H2,(H,21,26). The topological polar surface area (TPSA) is 92.9 Å². The molecule has 0 aromatic carbocycles. The molecule has 4 aromatic heterocycles. The molecular weight excluding hydrogens is 400 g/mol. The molecule has 9 heteroatoms. The molecule has 7 nitrogen and oxygen atoms in total. The van der Waals surface area contributed by atoms with Crippen molar-refractivity contribution in [3.8, 4) is 0 Å². The van der Waals surface area contributed by atoms with Crippen molar-refractivity contribution in [2.75, 3.05) is 5.32 Å². The highest BCUT2D eigenvalue weighted by Gasteiger charge is 2.19. The summed E-state index contributed by atoms with van der Waals surface area (Å²) in [6.07, 6.45) is 3.01. The minimum Gasteiger partial charge on any atom is -0.461 e. The van der Waals surface area contributed by atoms with Crippen LogP contribution in [0.15, 0.2) is 64.1 Å². The Bertz CT molecular complexity index is 1160. The maximum atomic E-state index is 12.6. The quantitative estimate of drug-likeness (QED) is 0.449. The zero-order valence-corrected chi connectivity index (χ0v) is 16.1. The molecule has 28 heavy (non-hydrogen) atoms. The molecule has 0 atom stereocenters. The molecular formula is C19H15ClN4O3S. The largest absolute Gasteiger partial charge is 0.461 e. The Kier molecular flexibility index (Phi) is 5.14. The highest BCUT2D eigenvalue weighted by molar-refractivity contribution is 7.16. The fourth-order valence-corrected chi connectivity index (χ4v) is 3.72. The Morgan fingerprint density at radius 2 is 2.18 bits per heavy atom. The summed E-state index contributed by atoms with van der Waals surface area (Å²) in [6, 6.07) is 12.1. The summed E-state index contributed by atoms with van der Waals surface area (Å²) in [4.78, 5) is 28.3. The van der Waals surface area contributed by atoms with E-state index in [1.165, 1.54) is 17.6 Å². The van der Waals surface area contributed by atoms with Gasteiger partial charge in [-0.1, -0.05) is 17.7 Å². The lowest BCUT2D eigenvalue weighted by Gasteiger charge is -2.08. The highest BCUT2D eigenvalue weighted by atomic mass is 35.5. The van der Waals surface area contributed by atoms with Gasteiger partial charge in [-0.2, -0.15) is 5.10 Å². The maximum Gasteiger partial charge on any atom is 0.253 e. The SMILES string of the molecule is O=C(c1cc(NCc2ccc(Cl)s2)n(Cc2ccc[nH]c2=O)n1)c1ccco1. The Morgan fingerprint density at radius 3 is 2.89 bits per heavy atom. The fourth-order valence-electron chi connectivity index (χ4n) is 2.69. The number of carbonyl (C=O) groups is 1. The second-order valence-electron chi connectivity index (χ2n) is 5.96. The second-order valence-corrected chi connectivity index (χ2v) is 7.76. The third-order valence-electron chi connectivity index (χ3n) is 4.05. The zero-order valence-electron chi connectivity index (χ0n) is 14.5. The van der Waals surface area contributed by atoms with Crippen molar-refractivity contribution in [3.63, 3.8) is 0 Å². The molecule has 142 valence electrons. The molecule has 2 N–H and O–H groups in total. The summed E-state index contributed by atoms with van der Waals surface area (Å²) in [5.41, 5.74) is 0.562. The third kappa shape index (κ3) is 3.92. The number of nitrogens with zero attached hydrogens (tertiary/aromatic N) is 2. The lowest BCUT2D eigenvalue weighted by atomic mass is 10.2. The van der Waals surface area contributed by atoms with Crippen LogP contribution in [0.25, 0.3) is 0 Å². The summed E-state index contributed by atoms with van der Waals surface area (Å²) >= 11 is 7.45. The Morgan fingerprint density at radius 1 is 1.29 bits per heavy atom. The molecule has 0 unspecified atom stereocenters. The smallest absolute Gasteiger partial charge is 0.253 e. The van der Waals surface area contributed by atoms with Crippen molar-refractivity contribution in [3.05, 3.63) is 91.5 Å².